The Balaban J connectivity index is 1.58. The largest absolute Gasteiger partial charge is 0.444 e. The van der Waals surface area contributed by atoms with Crippen LogP contribution in [0.3, 0.4) is 0 Å². The van der Waals surface area contributed by atoms with Crippen LogP contribution in [0.2, 0.25) is 0 Å². The number of aromatic amines is 2. The second-order valence-corrected chi connectivity index (χ2v) is 22.2. The molecule has 1 fully saturated rings. The minimum absolute atomic E-state index is 0.0103. The summed E-state index contributed by atoms with van der Waals surface area (Å²) >= 11 is 0. The predicted octanol–water partition coefficient (Wildman–Crippen LogP) is 2.73. The van der Waals surface area contributed by atoms with Crippen LogP contribution in [0.1, 0.15) is 125 Å². The van der Waals surface area contributed by atoms with Gasteiger partial charge in [-0.15, -0.1) is 0 Å². The number of carbonyl (C=O) groups is 8. The number of carbonyl (C=O) groups excluding carboxylic acids is 8. The molecule has 4 rings (SSSR count). The van der Waals surface area contributed by atoms with Crippen LogP contribution in [0.25, 0.3) is 0 Å². The molecule has 0 bridgehead atoms. The lowest BCUT2D eigenvalue weighted by Crippen LogP contribution is -2.60. The zero-order chi connectivity index (χ0) is 56.4. The Bertz CT molecular complexity index is 2360. The van der Waals surface area contributed by atoms with Crippen LogP contribution in [0.4, 0.5) is 4.79 Å². The molecule has 2 aromatic heterocycles. The van der Waals surface area contributed by atoms with Crippen molar-refractivity contribution < 1.29 is 48.2 Å². The number of alkyl carbamates (subject to hydrolysis) is 1. The lowest BCUT2D eigenvalue weighted by atomic mass is 9.85. The number of H-pyrrole nitrogens is 2. The lowest BCUT2D eigenvalue weighted by Gasteiger charge is -2.33. The number of amides is 8. The highest BCUT2D eigenvalue weighted by molar-refractivity contribution is 5.96. The average molecular weight is 1060 g/mol. The molecule has 22 heteroatoms. The molecule has 3 aromatic rings. The number of nitrogens with one attached hydrogen (secondary N) is 8. The van der Waals surface area contributed by atoms with Crippen LogP contribution in [0.15, 0.2) is 55.4 Å². The molecule has 22 nitrogen and oxygen atoms in total. The number of aromatic nitrogens is 4. The van der Waals surface area contributed by atoms with Crippen LogP contribution >= 0.6 is 0 Å². The Morgan fingerprint density at radius 3 is 1.83 bits per heavy atom. The third-order valence-corrected chi connectivity index (χ3v) is 13.6. The molecular formula is C54H84N12O10. The lowest BCUT2D eigenvalue weighted by molar-refractivity contribution is -0.141. The fourth-order valence-corrected chi connectivity index (χ4v) is 9.17. The van der Waals surface area contributed by atoms with E-state index in [9.17, 15) is 43.5 Å². The number of likely N-dealkylation sites (tertiary alicyclic amines) is 1. The quantitative estimate of drug-likeness (QED) is 0.0502. The number of hydrogen-bond acceptors (Lipinski definition) is 12. The van der Waals surface area contributed by atoms with E-state index in [1.165, 1.54) is 29.9 Å². The van der Waals surface area contributed by atoms with Gasteiger partial charge in [0.1, 0.15) is 41.9 Å². The van der Waals surface area contributed by atoms with Crippen LogP contribution in [-0.4, -0.2) is 138 Å². The van der Waals surface area contributed by atoms with Gasteiger partial charge in [-0.1, -0.05) is 92.1 Å². The van der Waals surface area contributed by atoms with Crippen LogP contribution in [-0.2, 0) is 57.6 Å². The highest BCUT2D eigenvalue weighted by Gasteiger charge is 2.41. The van der Waals surface area contributed by atoms with E-state index in [4.69, 9.17) is 10.5 Å². The summed E-state index contributed by atoms with van der Waals surface area (Å²) in [5.41, 5.74) is 6.54. The molecule has 8 amide bonds. The number of nitrogens with two attached hydrogens (primary N) is 1. The summed E-state index contributed by atoms with van der Waals surface area (Å²) in [6.45, 7) is 20.0. The molecular weight excluding hydrogens is 977 g/mol. The summed E-state index contributed by atoms with van der Waals surface area (Å²) < 4.78 is 5.47. The number of aliphatic hydroxyl groups excluding tert-OH is 1. The maximum absolute atomic E-state index is 14.7. The Morgan fingerprint density at radius 1 is 0.724 bits per heavy atom. The first kappa shape index (κ1) is 61.7. The van der Waals surface area contributed by atoms with Gasteiger partial charge in [0.2, 0.25) is 41.4 Å². The van der Waals surface area contributed by atoms with E-state index in [-0.39, 0.29) is 68.7 Å². The van der Waals surface area contributed by atoms with Crippen molar-refractivity contribution in [3.8, 4) is 0 Å². The van der Waals surface area contributed by atoms with Gasteiger partial charge in [0.05, 0.1) is 24.8 Å². The molecule has 0 aliphatic carbocycles. The van der Waals surface area contributed by atoms with Crippen molar-refractivity contribution in [2.24, 2.45) is 35.3 Å². The van der Waals surface area contributed by atoms with Crippen LogP contribution in [0, 0.1) is 29.6 Å². The molecule has 1 saturated heterocycles. The summed E-state index contributed by atoms with van der Waals surface area (Å²) in [5.74, 6) is -6.07. The van der Waals surface area contributed by atoms with Gasteiger partial charge < -0.3 is 62.3 Å². The maximum Gasteiger partial charge on any atom is 0.408 e. The number of aliphatic hydroxyl groups is 1. The van der Waals surface area contributed by atoms with E-state index < -0.39 is 107 Å². The van der Waals surface area contributed by atoms with Crippen molar-refractivity contribution in [1.29, 1.82) is 0 Å². The smallest absolute Gasteiger partial charge is 0.408 e. The first-order valence-corrected chi connectivity index (χ1v) is 26.6. The van der Waals surface area contributed by atoms with Gasteiger partial charge in [-0.05, 0) is 75.7 Å². The van der Waals surface area contributed by atoms with E-state index in [0.29, 0.717) is 29.8 Å². The highest BCUT2D eigenvalue weighted by atomic mass is 16.6. The monoisotopic (exact) mass is 1060 g/mol. The van der Waals surface area contributed by atoms with Crippen LogP contribution in [0.5, 0.6) is 0 Å². The molecule has 420 valence electrons. The second-order valence-electron chi connectivity index (χ2n) is 22.2. The average Bonchev–Trinajstić information content (AvgIpc) is 4.17. The molecule has 1 aliphatic heterocycles. The Morgan fingerprint density at radius 2 is 1.30 bits per heavy atom. The molecule has 1 aliphatic rings. The fourth-order valence-electron chi connectivity index (χ4n) is 9.17. The zero-order valence-corrected chi connectivity index (χ0v) is 46.1. The van der Waals surface area contributed by atoms with Gasteiger partial charge in [0.25, 0.3) is 0 Å². The molecule has 3 heterocycles. The standard InChI is InChI=1S/C54H84N12O10/c1-12-33(8)45(46(55)68)65-51(73)44(32(6)7)64-47(69)37(31(4)5)25-43(67)38(21-30(2)3)60-49(71)40(23-35-26-56-28-58-35)61-48(70)39(22-34-17-14-13-15-18-34)62-50(72)42-19-16-20-66(42)52(74)41(24-36-27-57-29-59-36)63-53(75)76-54(9,10)11/h13-15,17-18,26-33,37-45,67H,12,16,19-25H2,1-11H3,(H2,55,68)(H,56,58)(H,57,59)(H,60,71)(H,61,70)(H,62,72)(H,63,75)(H,64,69)(H,65,73)/t33-,37+,38-,39-,40-,41-,42-,43-,44-,45-/m0/s1. The van der Waals surface area contributed by atoms with Gasteiger partial charge in [-0.25, -0.2) is 14.8 Å². The Hall–Kier alpha value is -6.84. The molecule has 10 atom stereocenters. The van der Waals surface area contributed by atoms with Gasteiger partial charge in [-0.2, -0.15) is 0 Å². The number of imidazole rings is 2. The van der Waals surface area contributed by atoms with Gasteiger partial charge >= 0.3 is 6.09 Å². The molecule has 0 unspecified atom stereocenters. The summed E-state index contributed by atoms with van der Waals surface area (Å²) in [6, 6.07) is 1.44. The van der Waals surface area contributed by atoms with E-state index in [2.05, 4.69) is 51.8 Å². The van der Waals surface area contributed by atoms with Gasteiger partial charge in [0, 0.05) is 55.5 Å². The molecule has 0 spiro atoms. The zero-order valence-electron chi connectivity index (χ0n) is 46.1. The van der Waals surface area contributed by atoms with E-state index in [1.807, 2.05) is 40.7 Å². The summed E-state index contributed by atoms with van der Waals surface area (Å²) in [6.07, 6.45) is 5.30. The molecule has 0 radical (unpaired) electrons. The van der Waals surface area contributed by atoms with E-state index in [1.54, 1.807) is 65.8 Å². The first-order valence-electron chi connectivity index (χ1n) is 26.6. The van der Waals surface area contributed by atoms with E-state index in [0.717, 1.165) is 0 Å². The van der Waals surface area contributed by atoms with Crippen molar-refractivity contribution in [1.82, 2.24) is 56.7 Å². The highest BCUT2D eigenvalue weighted by Crippen LogP contribution is 2.24. The van der Waals surface area contributed by atoms with Crippen molar-refractivity contribution >= 4 is 47.4 Å². The Labute approximate surface area is 446 Å². The minimum Gasteiger partial charge on any atom is -0.444 e. The molecule has 76 heavy (non-hydrogen) atoms. The third-order valence-electron chi connectivity index (χ3n) is 13.6. The number of nitrogens with zero attached hydrogens (tertiary/aromatic N) is 3. The Kier molecular flexibility index (Phi) is 23.5. The SMILES string of the molecule is CC[C@H](C)[C@H](NC(=O)[C@@H](NC(=O)[C@H](C[C@H](O)[C@H](CC(C)C)NC(=O)[C@H](Cc1cnc[nH]1)NC(=O)[C@H](Cc1ccccc1)NC(=O)[C@@H]1CCCN1C(=O)[C@H](Cc1cnc[nH]1)NC(=O)OC(C)(C)C)C(C)C)C(C)C)C(N)=O. The minimum atomic E-state index is -1.27. The fraction of sp³-hybridized carbons (Fsp3) is 0.630. The predicted molar refractivity (Wildman–Crippen MR) is 284 cm³/mol. The number of rotatable bonds is 28. The van der Waals surface area contributed by atoms with Crippen LogP contribution < -0.4 is 37.6 Å². The number of primary amides is 1. The number of hydrogen-bond donors (Lipinski definition) is 10. The topological polar surface area (TPSA) is 325 Å². The summed E-state index contributed by atoms with van der Waals surface area (Å²) in [7, 11) is 0. The molecule has 11 N–H and O–H groups in total. The maximum atomic E-state index is 14.7. The van der Waals surface area contributed by atoms with Crippen molar-refractivity contribution in [3.63, 3.8) is 0 Å². The second kappa shape index (κ2) is 28.9. The van der Waals surface area contributed by atoms with E-state index >= 15 is 0 Å². The molecule has 0 saturated carbocycles. The van der Waals surface area contributed by atoms with Crippen molar-refractivity contribution in [2.45, 2.75) is 182 Å². The number of ether oxygens (including phenoxy) is 1. The third kappa shape index (κ3) is 19.1. The normalized spacial score (nSPS) is 17.3. The van der Waals surface area contributed by atoms with Gasteiger partial charge in [0.15, 0.2) is 0 Å². The first-order chi connectivity index (χ1) is 35.8. The van der Waals surface area contributed by atoms with Gasteiger partial charge in [-0.3, -0.25) is 33.6 Å². The summed E-state index contributed by atoms with van der Waals surface area (Å²) in [5, 5.41) is 28.9. The molecule has 1 aromatic carbocycles. The summed E-state index contributed by atoms with van der Waals surface area (Å²) in [4.78, 5) is 126. The van der Waals surface area contributed by atoms with Crippen molar-refractivity contribution in [3.05, 3.63) is 72.3 Å². The number of benzene rings is 1. The van der Waals surface area contributed by atoms with Crippen molar-refractivity contribution in [2.75, 3.05) is 6.54 Å².